The van der Waals surface area contributed by atoms with E-state index in [1.165, 1.54) is 6.92 Å². The number of ether oxygens (including phenoxy) is 2. The second-order valence-electron chi connectivity index (χ2n) is 11.0. The zero-order valence-electron chi connectivity index (χ0n) is 26.6. The second kappa shape index (κ2) is 19.8. The molecule has 0 radical (unpaired) electrons. The van der Waals surface area contributed by atoms with Crippen molar-refractivity contribution in [3.63, 3.8) is 0 Å². The average molecular weight is 674 g/mol. The molecule has 0 aliphatic carbocycles. The van der Waals surface area contributed by atoms with Gasteiger partial charge in [-0.3, -0.25) is 29.6 Å². The number of thiol groups is 1. The number of hydrogen-bond donors (Lipinski definition) is 6. The Morgan fingerprint density at radius 3 is 2.02 bits per heavy atom. The fraction of sp³-hybridized carbons (Fsp3) is 0.438. The van der Waals surface area contributed by atoms with Crippen LogP contribution in [0, 0.1) is 5.92 Å². The van der Waals surface area contributed by atoms with Crippen LogP contribution < -0.4 is 21.8 Å². The molecule has 0 saturated heterocycles. The van der Waals surface area contributed by atoms with Crippen molar-refractivity contribution >= 4 is 48.3 Å². The van der Waals surface area contributed by atoms with E-state index in [9.17, 15) is 33.9 Å². The third-order valence-corrected chi connectivity index (χ3v) is 7.12. The van der Waals surface area contributed by atoms with E-state index in [-0.39, 0.29) is 38.4 Å². The molecule has 15 heteroatoms. The lowest BCUT2D eigenvalue weighted by Crippen LogP contribution is -2.59. The minimum atomic E-state index is -1.98. The second-order valence-corrected chi connectivity index (χ2v) is 11.5. The maximum absolute atomic E-state index is 13.7. The number of alkyl carbamates (subject to hydrolysis) is 1. The van der Waals surface area contributed by atoms with Gasteiger partial charge in [0.05, 0.1) is 13.2 Å². The van der Waals surface area contributed by atoms with Gasteiger partial charge in [-0.05, 0) is 30.4 Å². The van der Waals surface area contributed by atoms with Crippen LogP contribution in [-0.2, 0) is 46.5 Å². The van der Waals surface area contributed by atoms with Crippen molar-refractivity contribution in [2.75, 3.05) is 13.2 Å². The Balaban J connectivity index is 2.28. The summed E-state index contributed by atoms with van der Waals surface area (Å²) in [5.74, 6) is -4.54. The van der Waals surface area contributed by atoms with Crippen molar-refractivity contribution in [1.29, 1.82) is 0 Å². The van der Waals surface area contributed by atoms with Gasteiger partial charge in [0.1, 0.15) is 23.9 Å². The molecule has 5 amide bonds. The number of aliphatic hydroxyl groups excluding tert-OH is 1. The lowest BCUT2D eigenvalue weighted by molar-refractivity contribution is -0.157. The molecule has 0 bridgehead atoms. The summed E-state index contributed by atoms with van der Waals surface area (Å²) in [7, 11) is 0. The van der Waals surface area contributed by atoms with Gasteiger partial charge in [0.2, 0.25) is 11.8 Å². The summed E-state index contributed by atoms with van der Waals surface area (Å²) in [4.78, 5) is 76.7. The van der Waals surface area contributed by atoms with Gasteiger partial charge in [-0.2, -0.15) is 12.6 Å². The van der Waals surface area contributed by atoms with Gasteiger partial charge in [-0.1, -0.05) is 74.5 Å². The number of rotatable bonds is 17. The zero-order chi connectivity index (χ0) is 34.9. The lowest BCUT2D eigenvalue weighted by Gasteiger charge is -2.29. The van der Waals surface area contributed by atoms with E-state index in [2.05, 4.69) is 28.7 Å². The molecular weight excluding hydrogens is 630 g/mol. The van der Waals surface area contributed by atoms with E-state index in [1.807, 2.05) is 19.9 Å². The van der Waals surface area contributed by atoms with Crippen molar-refractivity contribution in [3.8, 4) is 0 Å². The van der Waals surface area contributed by atoms with E-state index in [0.717, 1.165) is 5.56 Å². The van der Waals surface area contributed by atoms with Crippen molar-refractivity contribution in [2.24, 2.45) is 11.7 Å². The monoisotopic (exact) mass is 673 g/mol. The molecule has 2 rings (SSSR count). The van der Waals surface area contributed by atoms with Gasteiger partial charge < -0.3 is 30.9 Å². The molecule has 0 spiro atoms. The molecule has 0 saturated carbocycles. The number of nitrogens with two attached hydrogens (primary N) is 1. The molecule has 14 nitrogen and oxygen atoms in total. The first-order chi connectivity index (χ1) is 22.3. The van der Waals surface area contributed by atoms with Crippen LogP contribution in [-0.4, -0.2) is 82.4 Å². The highest BCUT2D eigenvalue weighted by Gasteiger charge is 2.36. The van der Waals surface area contributed by atoms with Gasteiger partial charge >= 0.3 is 12.1 Å². The molecule has 0 aromatic heterocycles. The van der Waals surface area contributed by atoms with Crippen LogP contribution in [0.25, 0.3) is 0 Å². The van der Waals surface area contributed by atoms with Crippen LogP contribution in [0.5, 0.6) is 0 Å². The maximum Gasteiger partial charge on any atom is 0.408 e. The number of aliphatic hydroxyl groups is 1. The highest BCUT2D eigenvalue weighted by molar-refractivity contribution is 7.81. The maximum atomic E-state index is 13.7. The number of hydrazine groups is 1. The number of carbonyl (C=O) groups is 6. The predicted molar refractivity (Wildman–Crippen MR) is 174 cm³/mol. The fourth-order valence-corrected chi connectivity index (χ4v) is 4.51. The molecule has 4 atom stereocenters. The van der Waals surface area contributed by atoms with Crippen LogP contribution in [0.2, 0.25) is 0 Å². The molecule has 0 heterocycles. The third-order valence-electron chi connectivity index (χ3n) is 6.62. The van der Waals surface area contributed by atoms with Crippen LogP contribution in [0.15, 0.2) is 60.7 Å². The quantitative estimate of drug-likeness (QED) is 0.0804. The average Bonchev–Trinajstić information content (AvgIpc) is 3.04. The molecular formula is C32H43N5O9S. The summed E-state index contributed by atoms with van der Waals surface area (Å²) >= 11 is 4.05. The van der Waals surface area contributed by atoms with E-state index in [1.54, 1.807) is 54.6 Å². The molecule has 2 aromatic rings. The number of nitrogens with one attached hydrogen (secondary N) is 3. The summed E-state index contributed by atoms with van der Waals surface area (Å²) in [5.41, 5.74) is 9.02. The van der Waals surface area contributed by atoms with Gasteiger partial charge in [-0.15, -0.1) is 0 Å². The fourth-order valence-electron chi connectivity index (χ4n) is 4.25. The molecule has 0 unspecified atom stereocenters. The van der Waals surface area contributed by atoms with Crippen molar-refractivity contribution < 1.29 is 43.3 Å². The van der Waals surface area contributed by atoms with E-state index in [0.29, 0.717) is 10.6 Å². The number of hydrogen-bond acceptors (Lipinski definition) is 10. The normalized spacial score (nSPS) is 13.3. The molecule has 0 aliphatic heterocycles. The van der Waals surface area contributed by atoms with Gasteiger partial charge in [0, 0.05) is 12.8 Å². The first kappa shape index (κ1) is 38.6. The SMILES string of the molecule is CCOC(=O)[C@@H](O)[C@@H](S)C(=O)N(CCC(N)=O)NC(=O)[C@H](Cc1ccccc1)NC(=O)[C@H](CC(C)C)NC(=O)OCc1ccccc1. The third kappa shape index (κ3) is 13.7. The van der Waals surface area contributed by atoms with Crippen LogP contribution >= 0.6 is 12.6 Å². The van der Waals surface area contributed by atoms with Crippen LogP contribution in [0.4, 0.5) is 4.79 Å². The number of primary amides is 1. The highest BCUT2D eigenvalue weighted by Crippen LogP contribution is 2.12. The Hall–Kier alpha value is -4.63. The van der Waals surface area contributed by atoms with Gasteiger partial charge in [0.25, 0.3) is 11.8 Å². The van der Waals surface area contributed by atoms with E-state index >= 15 is 0 Å². The van der Waals surface area contributed by atoms with Gasteiger partial charge in [-0.25, -0.2) is 9.59 Å². The zero-order valence-corrected chi connectivity index (χ0v) is 27.5. The molecule has 6 N–H and O–H groups in total. The summed E-state index contributed by atoms with van der Waals surface area (Å²) in [6.07, 6.45) is -3.02. The molecule has 2 aromatic carbocycles. The largest absolute Gasteiger partial charge is 0.464 e. The Kier molecular flexibility index (Phi) is 16.2. The Labute approximate surface area is 279 Å². The highest BCUT2D eigenvalue weighted by atomic mass is 32.1. The number of nitrogens with zero attached hydrogens (tertiary/aromatic N) is 1. The van der Waals surface area contributed by atoms with Crippen molar-refractivity contribution in [1.82, 2.24) is 21.1 Å². The number of benzene rings is 2. The summed E-state index contributed by atoms with van der Waals surface area (Å²) in [6.45, 7) is 4.70. The summed E-state index contributed by atoms with van der Waals surface area (Å²) in [5, 5.41) is 14.5. The first-order valence-electron chi connectivity index (χ1n) is 15.1. The van der Waals surface area contributed by atoms with Crippen molar-refractivity contribution in [2.45, 2.75) is 70.1 Å². The minimum Gasteiger partial charge on any atom is -0.464 e. The standard InChI is InChI=1S/C32H43N5O9S/c1-4-45-31(43)26(39)27(47)30(42)37(16-15-25(33)38)36-29(41)24(18-21-11-7-5-8-12-21)34-28(40)23(17-20(2)3)35-32(44)46-19-22-13-9-6-10-14-22/h5-14,20,23-24,26-27,39,47H,4,15-19H2,1-3H3,(H2,33,38)(H,34,40)(H,35,44)(H,36,41)/t23-,24-,26-,27+/m0/s1. The predicted octanol–water partition coefficient (Wildman–Crippen LogP) is 1.01. The Morgan fingerprint density at radius 2 is 1.47 bits per heavy atom. The summed E-state index contributed by atoms with van der Waals surface area (Å²) < 4.78 is 10.0. The van der Waals surface area contributed by atoms with Crippen LogP contribution in [0.3, 0.4) is 0 Å². The topological polar surface area (TPSA) is 206 Å². The number of esters is 1. The molecule has 47 heavy (non-hydrogen) atoms. The van der Waals surface area contributed by atoms with E-state index < -0.39 is 65.7 Å². The first-order valence-corrected chi connectivity index (χ1v) is 15.6. The Morgan fingerprint density at radius 1 is 0.872 bits per heavy atom. The van der Waals surface area contributed by atoms with Crippen molar-refractivity contribution in [3.05, 3.63) is 71.8 Å². The number of carbonyl (C=O) groups excluding carboxylic acids is 6. The smallest absolute Gasteiger partial charge is 0.408 e. The van der Waals surface area contributed by atoms with Crippen LogP contribution in [0.1, 0.15) is 44.7 Å². The van der Waals surface area contributed by atoms with E-state index in [4.69, 9.17) is 15.2 Å². The molecule has 256 valence electrons. The molecule has 0 aliphatic rings. The number of amides is 5. The summed E-state index contributed by atoms with van der Waals surface area (Å²) in [6, 6.07) is 15.3. The minimum absolute atomic E-state index is 0.0199. The lowest BCUT2D eigenvalue weighted by atomic mass is 10.0. The molecule has 0 fully saturated rings. The van der Waals surface area contributed by atoms with Gasteiger partial charge in [0.15, 0.2) is 6.10 Å². The Bertz CT molecular complexity index is 1350.